The van der Waals surface area contributed by atoms with Crippen LogP contribution in [-0.2, 0) is 4.79 Å². The van der Waals surface area contributed by atoms with E-state index in [-0.39, 0.29) is 5.91 Å². The number of carbonyl (C=O) groups excluding carboxylic acids is 1. The van der Waals surface area contributed by atoms with Crippen molar-refractivity contribution in [1.82, 2.24) is 10.3 Å². The molecule has 2 heterocycles. The third-order valence-corrected chi connectivity index (χ3v) is 2.35. The first kappa shape index (κ1) is 9.76. The van der Waals surface area contributed by atoms with E-state index in [0.717, 1.165) is 18.2 Å². The van der Waals surface area contributed by atoms with E-state index in [0.29, 0.717) is 13.1 Å². The standard InChI is InChI=1S/C10H14N4O/c1-11-8-3-2-4-9(13-8)14-6-5-12-10(15)7-14/h2-4H,5-7H2,1H3,(H,11,13)(H,12,15). The van der Waals surface area contributed by atoms with Gasteiger partial charge in [0.1, 0.15) is 11.6 Å². The SMILES string of the molecule is CNc1cccc(N2CCNC(=O)C2)n1. The van der Waals surface area contributed by atoms with Crippen LogP contribution in [0.3, 0.4) is 0 Å². The van der Waals surface area contributed by atoms with Gasteiger partial charge in [-0.15, -0.1) is 0 Å². The third kappa shape index (κ3) is 2.18. The summed E-state index contributed by atoms with van der Waals surface area (Å²) in [6.07, 6.45) is 0. The summed E-state index contributed by atoms with van der Waals surface area (Å²) in [7, 11) is 1.83. The summed E-state index contributed by atoms with van der Waals surface area (Å²) in [5, 5.41) is 5.77. The van der Waals surface area contributed by atoms with Crippen LogP contribution in [0.15, 0.2) is 18.2 Å². The summed E-state index contributed by atoms with van der Waals surface area (Å²) in [5.74, 6) is 1.72. The fourth-order valence-corrected chi connectivity index (χ4v) is 1.57. The number of nitrogens with zero attached hydrogens (tertiary/aromatic N) is 2. The summed E-state index contributed by atoms with van der Waals surface area (Å²) in [6.45, 7) is 1.89. The van der Waals surface area contributed by atoms with Gasteiger partial charge in [0, 0.05) is 20.1 Å². The molecule has 0 spiro atoms. The minimum absolute atomic E-state index is 0.0536. The molecule has 80 valence electrons. The van der Waals surface area contributed by atoms with Crippen molar-refractivity contribution < 1.29 is 4.79 Å². The maximum absolute atomic E-state index is 11.2. The highest BCUT2D eigenvalue weighted by molar-refractivity contribution is 5.82. The third-order valence-electron chi connectivity index (χ3n) is 2.35. The fraction of sp³-hybridized carbons (Fsp3) is 0.400. The second-order valence-electron chi connectivity index (χ2n) is 3.40. The molecule has 2 rings (SSSR count). The van der Waals surface area contributed by atoms with Crippen LogP contribution in [0.25, 0.3) is 0 Å². The molecule has 2 N–H and O–H groups in total. The quantitative estimate of drug-likeness (QED) is 0.718. The maximum atomic E-state index is 11.2. The monoisotopic (exact) mass is 206 g/mol. The van der Waals surface area contributed by atoms with E-state index in [1.807, 2.05) is 30.1 Å². The molecular formula is C10H14N4O. The molecule has 1 saturated heterocycles. The van der Waals surface area contributed by atoms with Gasteiger partial charge in [0.2, 0.25) is 5.91 Å². The lowest BCUT2D eigenvalue weighted by atomic mass is 10.3. The zero-order valence-electron chi connectivity index (χ0n) is 8.66. The van der Waals surface area contributed by atoms with Crippen molar-refractivity contribution in [1.29, 1.82) is 0 Å². The Hall–Kier alpha value is -1.78. The summed E-state index contributed by atoms with van der Waals surface area (Å²) >= 11 is 0. The molecule has 0 saturated carbocycles. The summed E-state index contributed by atoms with van der Waals surface area (Å²) in [6, 6.07) is 5.74. The van der Waals surface area contributed by atoms with Crippen LogP contribution < -0.4 is 15.5 Å². The number of hydrogen-bond donors (Lipinski definition) is 2. The Kier molecular flexibility index (Phi) is 2.71. The van der Waals surface area contributed by atoms with Crippen molar-refractivity contribution in [3.8, 4) is 0 Å². The maximum Gasteiger partial charge on any atom is 0.239 e. The van der Waals surface area contributed by atoms with Crippen LogP contribution in [0.4, 0.5) is 11.6 Å². The zero-order valence-corrected chi connectivity index (χ0v) is 8.66. The van der Waals surface area contributed by atoms with Crippen molar-refractivity contribution in [3.63, 3.8) is 0 Å². The molecule has 5 nitrogen and oxygen atoms in total. The van der Waals surface area contributed by atoms with Gasteiger partial charge >= 0.3 is 0 Å². The highest BCUT2D eigenvalue weighted by Crippen LogP contribution is 2.14. The van der Waals surface area contributed by atoms with Crippen LogP contribution in [-0.4, -0.2) is 37.6 Å². The van der Waals surface area contributed by atoms with Crippen molar-refractivity contribution in [3.05, 3.63) is 18.2 Å². The second-order valence-corrected chi connectivity index (χ2v) is 3.40. The number of anilines is 2. The molecule has 1 aromatic rings. The second kappa shape index (κ2) is 4.16. The molecule has 0 unspecified atom stereocenters. The number of carbonyl (C=O) groups is 1. The van der Waals surface area contributed by atoms with Gasteiger partial charge in [-0.3, -0.25) is 4.79 Å². The largest absolute Gasteiger partial charge is 0.373 e. The summed E-state index contributed by atoms with van der Waals surface area (Å²) in [4.78, 5) is 17.6. The molecule has 15 heavy (non-hydrogen) atoms. The Balaban J connectivity index is 2.17. The van der Waals surface area contributed by atoms with Gasteiger partial charge in [-0.1, -0.05) is 6.07 Å². The van der Waals surface area contributed by atoms with Crippen molar-refractivity contribution in [2.45, 2.75) is 0 Å². The first-order valence-electron chi connectivity index (χ1n) is 4.96. The first-order chi connectivity index (χ1) is 7.29. The predicted octanol–water partition coefficient (Wildman–Crippen LogP) is 0.0595. The van der Waals surface area contributed by atoms with Gasteiger partial charge in [-0.2, -0.15) is 0 Å². The number of rotatable bonds is 2. The molecular weight excluding hydrogens is 192 g/mol. The molecule has 1 aliphatic heterocycles. The Bertz CT molecular complexity index is 366. The van der Waals surface area contributed by atoms with Crippen LogP contribution in [0.2, 0.25) is 0 Å². The van der Waals surface area contributed by atoms with Crippen molar-refractivity contribution >= 4 is 17.5 Å². The molecule has 1 amide bonds. The molecule has 1 aliphatic rings. The van der Waals surface area contributed by atoms with Crippen LogP contribution in [0.5, 0.6) is 0 Å². The van der Waals surface area contributed by atoms with E-state index in [9.17, 15) is 4.79 Å². The lowest BCUT2D eigenvalue weighted by Crippen LogP contribution is -2.48. The van der Waals surface area contributed by atoms with E-state index >= 15 is 0 Å². The Labute approximate surface area is 88.5 Å². The topological polar surface area (TPSA) is 57.3 Å². The Morgan fingerprint density at radius 2 is 2.40 bits per heavy atom. The molecule has 0 aliphatic carbocycles. The molecule has 0 bridgehead atoms. The average Bonchev–Trinajstić information content (AvgIpc) is 2.29. The number of piperazine rings is 1. The van der Waals surface area contributed by atoms with E-state index in [4.69, 9.17) is 0 Å². The molecule has 1 aromatic heterocycles. The van der Waals surface area contributed by atoms with Crippen LogP contribution in [0.1, 0.15) is 0 Å². The van der Waals surface area contributed by atoms with Gasteiger partial charge in [0.15, 0.2) is 0 Å². The van der Waals surface area contributed by atoms with Crippen LogP contribution >= 0.6 is 0 Å². The number of pyridine rings is 1. The minimum Gasteiger partial charge on any atom is -0.373 e. The van der Waals surface area contributed by atoms with Gasteiger partial charge in [-0.25, -0.2) is 4.98 Å². The fourth-order valence-electron chi connectivity index (χ4n) is 1.57. The van der Waals surface area contributed by atoms with Crippen molar-refractivity contribution in [2.75, 3.05) is 36.9 Å². The molecule has 0 radical (unpaired) electrons. The van der Waals surface area contributed by atoms with Gasteiger partial charge in [0.05, 0.1) is 6.54 Å². The average molecular weight is 206 g/mol. The Morgan fingerprint density at radius 1 is 1.53 bits per heavy atom. The lowest BCUT2D eigenvalue weighted by Gasteiger charge is -2.27. The molecule has 0 atom stereocenters. The molecule has 1 fully saturated rings. The van der Waals surface area contributed by atoms with Gasteiger partial charge in [0.25, 0.3) is 0 Å². The van der Waals surface area contributed by atoms with Crippen molar-refractivity contribution in [2.24, 2.45) is 0 Å². The summed E-state index contributed by atoms with van der Waals surface area (Å²) < 4.78 is 0. The van der Waals surface area contributed by atoms with E-state index in [2.05, 4.69) is 15.6 Å². The zero-order chi connectivity index (χ0) is 10.7. The predicted molar refractivity (Wildman–Crippen MR) is 59.0 cm³/mol. The highest BCUT2D eigenvalue weighted by atomic mass is 16.2. The van der Waals surface area contributed by atoms with Gasteiger partial charge < -0.3 is 15.5 Å². The molecule has 5 heteroatoms. The Morgan fingerprint density at radius 3 is 3.13 bits per heavy atom. The van der Waals surface area contributed by atoms with E-state index in [1.165, 1.54) is 0 Å². The smallest absolute Gasteiger partial charge is 0.239 e. The van der Waals surface area contributed by atoms with E-state index < -0.39 is 0 Å². The first-order valence-corrected chi connectivity index (χ1v) is 4.96. The molecule has 0 aromatic carbocycles. The van der Waals surface area contributed by atoms with Crippen LogP contribution in [0, 0.1) is 0 Å². The highest BCUT2D eigenvalue weighted by Gasteiger charge is 2.17. The van der Waals surface area contributed by atoms with E-state index in [1.54, 1.807) is 0 Å². The number of nitrogens with one attached hydrogen (secondary N) is 2. The summed E-state index contributed by atoms with van der Waals surface area (Å²) in [5.41, 5.74) is 0. The number of amides is 1. The number of hydrogen-bond acceptors (Lipinski definition) is 4. The minimum atomic E-state index is 0.0536. The normalized spacial score (nSPS) is 16.1. The number of aromatic nitrogens is 1. The van der Waals surface area contributed by atoms with Gasteiger partial charge in [-0.05, 0) is 12.1 Å². The lowest BCUT2D eigenvalue weighted by molar-refractivity contribution is -0.120.